The van der Waals surface area contributed by atoms with Gasteiger partial charge >= 0.3 is 6.03 Å². The molecular formula is C17H16N4O3S. The first-order valence-electron chi connectivity index (χ1n) is 7.49. The topological polar surface area (TPSA) is 104 Å². The minimum Gasteiger partial charge on any atom is -0.332 e. The normalized spacial score (nSPS) is 11.0. The fourth-order valence-electron chi connectivity index (χ4n) is 2.19. The molecule has 0 aliphatic heterocycles. The maximum atomic E-state index is 12.5. The molecule has 128 valence electrons. The number of nitrogens with one attached hydrogen (secondary N) is 3. The van der Waals surface area contributed by atoms with E-state index in [1.807, 2.05) is 0 Å². The highest BCUT2D eigenvalue weighted by Gasteiger charge is 2.16. The van der Waals surface area contributed by atoms with Crippen LogP contribution in [-0.2, 0) is 16.4 Å². The molecule has 3 rings (SSSR count). The summed E-state index contributed by atoms with van der Waals surface area (Å²) in [4.78, 5) is 12.2. The van der Waals surface area contributed by atoms with Gasteiger partial charge in [-0.05, 0) is 42.5 Å². The standard InChI is InChI=1S/C17H16N4O3S/c22-17(18-12-14-10-11-19-21-14)20-13-6-8-16(9-7-13)25(23,24)15-4-2-1-3-5-15/h1-11H,12H2,(H,19,21)(H2,18,20,22). The first-order valence-corrected chi connectivity index (χ1v) is 8.98. The molecule has 0 saturated heterocycles. The van der Waals surface area contributed by atoms with Gasteiger partial charge in [0.1, 0.15) is 0 Å². The molecule has 0 saturated carbocycles. The summed E-state index contributed by atoms with van der Waals surface area (Å²) >= 11 is 0. The van der Waals surface area contributed by atoms with Crippen LogP contribution in [0.3, 0.4) is 0 Å². The number of carbonyl (C=O) groups is 1. The van der Waals surface area contributed by atoms with Crippen LogP contribution in [0.5, 0.6) is 0 Å². The summed E-state index contributed by atoms with van der Waals surface area (Å²) in [5.41, 5.74) is 1.20. The minimum atomic E-state index is -3.56. The molecule has 0 aliphatic rings. The molecule has 1 heterocycles. The molecule has 0 aliphatic carbocycles. The van der Waals surface area contributed by atoms with Gasteiger partial charge in [0.15, 0.2) is 0 Å². The fraction of sp³-hybridized carbons (Fsp3) is 0.0588. The van der Waals surface area contributed by atoms with Crippen molar-refractivity contribution >= 4 is 21.6 Å². The molecule has 0 bridgehead atoms. The molecule has 25 heavy (non-hydrogen) atoms. The Labute approximate surface area is 145 Å². The van der Waals surface area contributed by atoms with Gasteiger partial charge < -0.3 is 10.6 Å². The highest BCUT2D eigenvalue weighted by atomic mass is 32.2. The van der Waals surface area contributed by atoms with Crippen LogP contribution in [0.25, 0.3) is 0 Å². The Bertz CT molecular complexity index is 937. The second-order valence-electron chi connectivity index (χ2n) is 5.21. The van der Waals surface area contributed by atoms with Gasteiger partial charge in [0.05, 0.1) is 22.0 Å². The van der Waals surface area contributed by atoms with Crippen molar-refractivity contribution in [2.24, 2.45) is 0 Å². The third-order valence-electron chi connectivity index (χ3n) is 3.46. The Morgan fingerprint density at radius 2 is 1.64 bits per heavy atom. The molecule has 8 heteroatoms. The number of anilines is 1. The molecule has 1 aromatic heterocycles. The van der Waals surface area contributed by atoms with Crippen molar-refractivity contribution in [2.75, 3.05) is 5.32 Å². The number of carbonyl (C=O) groups excluding carboxylic acids is 1. The average Bonchev–Trinajstić information content (AvgIpc) is 3.15. The maximum Gasteiger partial charge on any atom is 0.319 e. The van der Waals surface area contributed by atoms with Crippen LogP contribution in [0, 0.1) is 0 Å². The lowest BCUT2D eigenvalue weighted by molar-refractivity contribution is 0.251. The minimum absolute atomic E-state index is 0.168. The molecular weight excluding hydrogens is 340 g/mol. The van der Waals surface area contributed by atoms with Crippen LogP contribution in [0.1, 0.15) is 5.69 Å². The molecule has 7 nitrogen and oxygen atoms in total. The lowest BCUT2D eigenvalue weighted by atomic mass is 10.3. The monoisotopic (exact) mass is 356 g/mol. The van der Waals surface area contributed by atoms with E-state index in [1.165, 1.54) is 12.1 Å². The van der Waals surface area contributed by atoms with Crippen molar-refractivity contribution in [3.63, 3.8) is 0 Å². The largest absolute Gasteiger partial charge is 0.332 e. The zero-order valence-corrected chi connectivity index (χ0v) is 14.0. The molecule has 0 spiro atoms. The van der Waals surface area contributed by atoms with E-state index in [1.54, 1.807) is 54.7 Å². The van der Waals surface area contributed by atoms with E-state index in [0.717, 1.165) is 0 Å². The van der Waals surface area contributed by atoms with Crippen LogP contribution < -0.4 is 10.6 Å². The van der Waals surface area contributed by atoms with Crippen LogP contribution in [0.4, 0.5) is 10.5 Å². The summed E-state index contributed by atoms with van der Waals surface area (Å²) in [7, 11) is -3.56. The van der Waals surface area contributed by atoms with Gasteiger partial charge in [0.2, 0.25) is 9.84 Å². The van der Waals surface area contributed by atoms with Gasteiger partial charge in [0.25, 0.3) is 0 Å². The van der Waals surface area contributed by atoms with Gasteiger partial charge in [-0.2, -0.15) is 5.10 Å². The third kappa shape index (κ3) is 4.04. The number of aromatic nitrogens is 2. The first-order chi connectivity index (χ1) is 12.1. The zero-order chi connectivity index (χ0) is 17.7. The predicted octanol–water partition coefficient (Wildman–Crippen LogP) is 2.56. The van der Waals surface area contributed by atoms with Crippen LogP contribution in [0.2, 0.25) is 0 Å². The predicted molar refractivity (Wildman–Crippen MR) is 92.8 cm³/mol. The van der Waals surface area contributed by atoms with Crippen molar-refractivity contribution in [1.82, 2.24) is 15.5 Å². The second-order valence-corrected chi connectivity index (χ2v) is 7.16. The summed E-state index contributed by atoms with van der Waals surface area (Å²) in [5, 5.41) is 11.9. The summed E-state index contributed by atoms with van der Waals surface area (Å²) < 4.78 is 25.0. The maximum absolute atomic E-state index is 12.5. The van der Waals surface area contributed by atoms with E-state index in [0.29, 0.717) is 11.4 Å². The van der Waals surface area contributed by atoms with E-state index < -0.39 is 15.9 Å². The van der Waals surface area contributed by atoms with Crippen LogP contribution >= 0.6 is 0 Å². The fourth-order valence-corrected chi connectivity index (χ4v) is 3.47. The number of amides is 2. The smallest absolute Gasteiger partial charge is 0.319 e. The number of aromatic amines is 1. The molecule has 0 radical (unpaired) electrons. The Balaban J connectivity index is 1.65. The highest BCUT2D eigenvalue weighted by molar-refractivity contribution is 7.91. The average molecular weight is 356 g/mol. The molecule has 0 fully saturated rings. The lowest BCUT2D eigenvalue weighted by Crippen LogP contribution is -2.28. The van der Waals surface area contributed by atoms with E-state index in [4.69, 9.17) is 0 Å². The molecule has 0 unspecified atom stereocenters. The summed E-state index contributed by atoms with van der Waals surface area (Å²) in [5.74, 6) is 0. The van der Waals surface area contributed by atoms with Crippen molar-refractivity contribution < 1.29 is 13.2 Å². The summed E-state index contributed by atoms with van der Waals surface area (Å²) in [6.45, 7) is 0.288. The Hall–Kier alpha value is -3.13. The van der Waals surface area contributed by atoms with Crippen LogP contribution in [0.15, 0.2) is 76.7 Å². The molecule has 3 aromatic rings. The summed E-state index contributed by atoms with van der Waals surface area (Å²) in [6, 6.07) is 15.6. The van der Waals surface area contributed by atoms with E-state index in [9.17, 15) is 13.2 Å². The Morgan fingerprint density at radius 1 is 0.960 bits per heavy atom. The third-order valence-corrected chi connectivity index (χ3v) is 5.25. The van der Waals surface area contributed by atoms with Crippen LogP contribution in [-0.4, -0.2) is 24.6 Å². The SMILES string of the molecule is O=C(NCc1cc[nH]n1)Nc1ccc(S(=O)(=O)c2ccccc2)cc1. The molecule has 0 atom stereocenters. The Kier molecular flexibility index (Phi) is 4.80. The quantitative estimate of drug-likeness (QED) is 0.653. The summed E-state index contributed by atoms with van der Waals surface area (Å²) in [6.07, 6.45) is 1.67. The second kappa shape index (κ2) is 7.18. The number of urea groups is 1. The van der Waals surface area contributed by atoms with Gasteiger partial charge in [-0.25, -0.2) is 13.2 Å². The lowest BCUT2D eigenvalue weighted by Gasteiger charge is -2.08. The Morgan fingerprint density at radius 3 is 2.28 bits per heavy atom. The van der Waals surface area contributed by atoms with Gasteiger partial charge in [-0.1, -0.05) is 18.2 Å². The number of hydrogen-bond acceptors (Lipinski definition) is 4. The van der Waals surface area contributed by atoms with E-state index in [-0.39, 0.29) is 16.3 Å². The van der Waals surface area contributed by atoms with Crippen molar-refractivity contribution in [1.29, 1.82) is 0 Å². The van der Waals surface area contributed by atoms with E-state index >= 15 is 0 Å². The number of benzene rings is 2. The molecule has 3 N–H and O–H groups in total. The number of rotatable bonds is 5. The number of hydrogen-bond donors (Lipinski definition) is 3. The molecule has 2 aromatic carbocycles. The number of sulfone groups is 1. The van der Waals surface area contributed by atoms with Crippen molar-refractivity contribution in [3.05, 3.63) is 72.6 Å². The van der Waals surface area contributed by atoms with Crippen molar-refractivity contribution in [2.45, 2.75) is 16.3 Å². The van der Waals surface area contributed by atoms with Crippen molar-refractivity contribution in [3.8, 4) is 0 Å². The zero-order valence-electron chi connectivity index (χ0n) is 13.1. The number of nitrogens with zero attached hydrogens (tertiary/aromatic N) is 1. The van der Waals surface area contributed by atoms with Gasteiger partial charge in [-0.3, -0.25) is 5.10 Å². The van der Waals surface area contributed by atoms with Gasteiger partial charge in [0, 0.05) is 11.9 Å². The van der Waals surface area contributed by atoms with E-state index in [2.05, 4.69) is 20.8 Å². The first kappa shape index (κ1) is 16.7. The molecule has 2 amide bonds. The number of H-pyrrole nitrogens is 1. The van der Waals surface area contributed by atoms with Gasteiger partial charge in [-0.15, -0.1) is 0 Å². The highest BCUT2D eigenvalue weighted by Crippen LogP contribution is 2.22.